The second kappa shape index (κ2) is 13.2. The van der Waals surface area contributed by atoms with Crippen molar-refractivity contribution in [3.63, 3.8) is 0 Å². The van der Waals surface area contributed by atoms with Crippen LogP contribution in [0.2, 0.25) is 0 Å². The molecule has 1 aromatic heterocycles. The van der Waals surface area contributed by atoms with E-state index in [0.29, 0.717) is 0 Å². The van der Waals surface area contributed by atoms with Crippen LogP contribution in [0.5, 0.6) is 0 Å². The van der Waals surface area contributed by atoms with Crippen LogP contribution in [0.15, 0.2) is 217 Å². The van der Waals surface area contributed by atoms with E-state index in [-0.39, 0.29) is 0 Å². The second-order valence-electron chi connectivity index (χ2n) is 14.5. The van der Waals surface area contributed by atoms with Crippen LogP contribution in [0.4, 0.5) is 17.1 Å². The Morgan fingerprint density at radius 3 is 1.70 bits per heavy atom. The van der Waals surface area contributed by atoms with Gasteiger partial charge < -0.3 is 9.32 Å². The van der Waals surface area contributed by atoms with Crippen molar-refractivity contribution in [2.24, 2.45) is 0 Å². The first-order valence-electron chi connectivity index (χ1n) is 19.2. The third-order valence-electron chi connectivity index (χ3n) is 11.2. The Bertz CT molecular complexity index is 3230. The van der Waals surface area contributed by atoms with E-state index in [1.807, 2.05) is 0 Å². The number of nitrogens with zero attached hydrogens (tertiary/aromatic N) is 1. The molecule has 0 aliphatic carbocycles. The van der Waals surface area contributed by atoms with Crippen LogP contribution in [-0.4, -0.2) is 0 Å². The maximum Gasteiger partial charge on any atom is 0.137 e. The minimum absolute atomic E-state index is 0.867. The zero-order chi connectivity index (χ0) is 37.0. The highest BCUT2D eigenvalue weighted by atomic mass is 16.3. The molecule has 0 saturated heterocycles. The Balaban J connectivity index is 1.05. The van der Waals surface area contributed by atoms with Crippen LogP contribution in [0.3, 0.4) is 0 Å². The quantitative estimate of drug-likeness (QED) is 0.160. The van der Waals surface area contributed by atoms with Gasteiger partial charge in [0.15, 0.2) is 0 Å². The summed E-state index contributed by atoms with van der Waals surface area (Å²) in [5, 5.41) is 9.65. The number of fused-ring (bicyclic) bond motifs is 7. The number of benzene rings is 10. The first-order chi connectivity index (χ1) is 27.7. The van der Waals surface area contributed by atoms with E-state index in [4.69, 9.17) is 4.42 Å². The average Bonchev–Trinajstić information content (AvgIpc) is 3.64. The van der Waals surface area contributed by atoms with Gasteiger partial charge in [-0.05, 0) is 120 Å². The van der Waals surface area contributed by atoms with Gasteiger partial charge in [-0.15, -0.1) is 0 Å². The summed E-state index contributed by atoms with van der Waals surface area (Å²) >= 11 is 0. The predicted molar refractivity (Wildman–Crippen MR) is 237 cm³/mol. The van der Waals surface area contributed by atoms with Gasteiger partial charge in [-0.1, -0.05) is 158 Å². The largest absolute Gasteiger partial charge is 0.456 e. The Kier molecular flexibility index (Phi) is 7.53. The molecule has 56 heavy (non-hydrogen) atoms. The summed E-state index contributed by atoms with van der Waals surface area (Å²) in [7, 11) is 0. The third kappa shape index (κ3) is 5.42. The molecule has 0 bridgehead atoms. The van der Waals surface area contributed by atoms with Gasteiger partial charge >= 0.3 is 0 Å². The standard InChI is InChI=1S/C54H35NO/c1-2-12-36(13-3-1)37-28-30-44(31-29-37)55(51-22-11-23-52-54(51)50-33-41-14-4-5-15-42(41)35-53(50)56-52)45-18-10-17-40(32-45)38-24-26-39(27-25-38)49-34-43-16-6-7-19-46(43)47-20-8-9-21-48(47)49/h1-35H. The van der Waals surface area contributed by atoms with Gasteiger partial charge in [0.2, 0.25) is 0 Å². The van der Waals surface area contributed by atoms with E-state index in [2.05, 4.69) is 217 Å². The zero-order valence-corrected chi connectivity index (χ0v) is 30.6. The monoisotopic (exact) mass is 713 g/mol. The van der Waals surface area contributed by atoms with Gasteiger partial charge in [0.25, 0.3) is 0 Å². The van der Waals surface area contributed by atoms with Crippen molar-refractivity contribution >= 4 is 71.3 Å². The summed E-state index contributed by atoms with van der Waals surface area (Å²) in [6.45, 7) is 0. The maximum absolute atomic E-state index is 6.56. The highest BCUT2D eigenvalue weighted by Gasteiger charge is 2.20. The number of hydrogen-bond acceptors (Lipinski definition) is 2. The summed E-state index contributed by atoms with van der Waals surface area (Å²) in [6, 6.07) is 76.5. The number of rotatable bonds is 6. The summed E-state index contributed by atoms with van der Waals surface area (Å²) < 4.78 is 6.56. The molecular weight excluding hydrogens is 679 g/mol. The molecule has 0 spiro atoms. The maximum atomic E-state index is 6.56. The van der Waals surface area contributed by atoms with Crippen LogP contribution in [0.1, 0.15) is 0 Å². The molecule has 10 aromatic carbocycles. The lowest BCUT2D eigenvalue weighted by molar-refractivity contribution is 0.669. The molecule has 0 saturated carbocycles. The number of hydrogen-bond donors (Lipinski definition) is 0. The number of furan rings is 1. The molecule has 0 aliphatic heterocycles. The summed E-state index contributed by atoms with van der Waals surface area (Å²) in [5.41, 5.74) is 12.1. The van der Waals surface area contributed by atoms with E-state index in [1.54, 1.807) is 0 Å². The molecular formula is C54H35NO. The van der Waals surface area contributed by atoms with Crippen molar-refractivity contribution in [2.45, 2.75) is 0 Å². The Morgan fingerprint density at radius 2 is 0.893 bits per heavy atom. The highest BCUT2D eigenvalue weighted by Crippen LogP contribution is 2.45. The summed E-state index contributed by atoms with van der Waals surface area (Å²) in [6.07, 6.45) is 0. The second-order valence-corrected chi connectivity index (χ2v) is 14.5. The Labute approximate surface area is 325 Å². The lowest BCUT2D eigenvalue weighted by Crippen LogP contribution is -2.10. The van der Waals surface area contributed by atoms with Gasteiger partial charge in [-0.2, -0.15) is 0 Å². The fourth-order valence-electron chi connectivity index (χ4n) is 8.50. The Hall–Kier alpha value is -7.42. The fourth-order valence-corrected chi connectivity index (χ4v) is 8.50. The van der Waals surface area contributed by atoms with E-state index in [9.17, 15) is 0 Å². The average molecular weight is 714 g/mol. The Morgan fingerprint density at radius 1 is 0.304 bits per heavy atom. The van der Waals surface area contributed by atoms with Gasteiger partial charge in [0.1, 0.15) is 11.2 Å². The third-order valence-corrected chi connectivity index (χ3v) is 11.2. The van der Waals surface area contributed by atoms with Crippen molar-refractivity contribution in [3.05, 3.63) is 212 Å². The topological polar surface area (TPSA) is 16.4 Å². The van der Waals surface area contributed by atoms with Crippen molar-refractivity contribution in [2.75, 3.05) is 4.90 Å². The lowest BCUT2D eigenvalue weighted by atomic mass is 9.92. The molecule has 2 nitrogen and oxygen atoms in total. The molecule has 0 amide bonds. The molecule has 2 heteroatoms. The highest BCUT2D eigenvalue weighted by molar-refractivity contribution is 6.17. The molecule has 0 aliphatic rings. The first-order valence-corrected chi connectivity index (χ1v) is 19.2. The van der Waals surface area contributed by atoms with Crippen LogP contribution in [0, 0.1) is 0 Å². The molecule has 0 unspecified atom stereocenters. The molecule has 0 atom stereocenters. The molecule has 0 fully saturated rings. The predicted octanol–water partition coefficient (Wildman–Crippen LogP) is 15.5. The van der Waals surface area contributed by atoms with Crippen molar-refractivity contribution in [1.29, 1.82) is 0 Å². The molecule has 1 heterocycles. The minimum atomic E-state index is 0.867. The molecule has 11 rings (SSSR count). The number of anilines is 3. The van der Waals surface area contributed by atoms with Gasteiger partial charge in [0.05, 0.1) is 11.1 Å². The van der Waals surface area contributed by atoms with E-state index in [0.717, 1.165) is 44.6 Å². The SMILES string of the molecule is c1ccc(-c2ccc(N(c3cccc(-c4ccc(-c5cc6ccccc6c6ccccc56)cc4)c3)c3cccc4oc5cc6ccccc6cc5c34)cc2)cc1. The zero-order valence-electron chi connectivity index (χ0n) is 30.6. The summed E-state index contributed by atoms with van der Waals surface area (Å²) in [5.74, 6) is 0. The van der Waals surface area contributed by atoms with Crippen LogP contribution in [0.25, 0.3) is 87.6 Å². The van der Waals surface area contributed by atoms with E-state index < -0.39 is 0 Å². The molecule has 0 radical (unpaired) electrons. The fraction of sp³-hybridized carbons (Fsp3) is 0. The van der Waals surface area contributed by atoms with Crippen LogP contribution in [-0.2, 0) is 0 Å². The molecule has 0 N–H and O–H groups in total. The van der Waals surface area contributed by atoms with Crippen molar-refractivity contribution in [1.82, 2.24) is 0 Å². The van der Waals surface area contributed by atoms with Crippen molar-refractivity contribution < 1.29 is 4.42 Å². The summed E-state index contributed by atoms with van der Waals surface area (Å²) in [4.78, 5) is 2.38. The van der Waals surface area contributed by atoms with Crippen LogP contribution >= 0.6 is 0 Å². The van der Waals surface area contributed by atoms with E-state index in [1.165, 1.54) is 60.1 Å². The van der Waals surface area contributed by atoms with Gasteiger partial charge in [0, 0.05) is 16.8 Å². The smallest absolute Gasteiger partial charge is 0.137 e. The van der Waals surface area contributed by atoms with Crippen molar-refractivity contribution in [3.8, 4) is 33.4 Å². The van der Waals surface area contributed by atoms with E-state index >= 15 is 0 Å². The molecule has 262 valence electrons. The normalized spacial score (nSPS) is 11.6. The van der Waals surface area contributed by atoms with Gasteiger partial charge in [-0.3, -0.25) is 0 Å². The minimum Gasteiger partial charge on any atom is -0.456 e. The first kappa shape index (κ1) is 32.0. The van der Waals surface area contributed by atoms with Crippen LogP contribution < -0.4 is 4.90 Å². The van der Waals surface area contributed by atoms with Gasteiger partial charge in [-0.25, -0.2) is 0 Å². The lowest BCUT2D eigenvalue weighted by Gasteiger charge is -2.27. The molecule has 11 aromatic rings.